The van der Waals surface area contributed by atoms with Crippen LogP contribution in [0.15, 0.2) is 12.2 Å². The Morgan fingerprint density at radius 3 is 2.58 bits per heavy atom. The molecule has 1 saturated heterocycles. The standard InChI is InChI=1S/C7H7N2O3/c10-6-1-2-7(11)9(6)8-3-5-4-12-5/h1-2,5H,3-4H2. The maximum atomic E-state index is 10.9. The van der Waals surface area contributed by atoms with Crippen molar-refractivity contribution < 1.29 is 14.3 Å². The Morgan fingerprint density at radius 2 is 2.08 bits per heavy atom. The first-order valence-electron chi connectivity index (χ1n) is 3.62. The van der Waals surface area contributed by atoms with Crippen molar-refractivity contribution in [1.82, 2.24) is 10.4 Å². The van der Waals surface area contributed by atoms with Gasteiger partial charge in [0.05, 0.1) is 19.3 Å². The number of hydrogen-bond acceptors (Lipinski definition) is 3. The molecular weight excluding hydrogens is 160 g/mol. The van der Waals surface area contributed by atoms with Gasteiger partial charge in [-0.3, -0.25) is 9.59 Å². The number of rotatable bonds is 3. The molecule has 2 aliphatic rings. The molecule has 0 N–H and O–H groups in total. The van der Waals surface area contributed by atoms with Gasteiger partial charge in [0.15, 0.2) is 0 Å². The van der Waals surface area contributed by atoms with Crippen molar-refractivity contribution in [3.63, 3.8) is 0 Å². The molecule has 0 aliphatic carbocycles. The summed E-state index contributed by atoms with van der Waals surface area (Å²) in [4.78, 5) is 21.8. The Bertz CT molecular complexity index is 239. The van der Waals surface area contributed by atoms with Gasteiger partial charge in [0.25, 0.3) is 11.8 Å². The lowest BCUT2D eigenvalue weighted by Gasteiger charge is -2.10. The summed E-state index contributed by atoms with van der Waals surface area (Å²) >= 11 is 0. The first-order valence-corrected chi connectivity index (χ1v) is 3.62. The second kappa shape index (κ2) is 2.69. The van der Waals surface area contributed by atoms with E-state index in [0.717, 1.165) is 5.01 Å². The Morgan fingerprint density at radius 1 is 1.50 bits per heavy atom. The summed E-state index contributed by atoms with van der Waals surface area (Å²) in [5.41, 5.74) is 3.79. The molecule has 12 heavy (non-hydrogen) atoms. The molecule has 0 saturated carbocycles. The molecule has 0 bridgehead atoms. The fourth-order valence-electron chi connectivity index (χ4n) is 0.878. The molecular formula is C7H7N2O3. The second-order valence-corrected chi connectivity index (χ2v) is 2.60. The summed E-state index contributed by atoms with van der Waals surface area (Å²) in [6.07, 6.45) is 2.52. The van der Waals surface area contributed by atoms with Gasteiger partial charge in [-0.15, -0.1) is 5.43 Å². The zero-order valence-electron chi connectivity index (χ0n) is 6.27. The molecule has 5 heteroatoms. The molecule has 1 atom stereocenters. The van der Waals surface area contributed by atoms with E-state index in [2.05, 4.69) is 5.43 Å². The van der Waals surface area contributed by atoms with Crippen molar-refractivity contribution in [1.29, 1.82) is 0 Å². The summed E-state index contributed by atoms with van der Waals surface area (Å²) in [6.45, 7) is 1.06. The Labute approximate surface area is 68.9 Å². The summed E-state index contributed by atoms with van der Waals surface area (Å²) in [5, 5.41) is 0.863. The fraction of sp³-hybridized carbons (Fsp3) is 0.429. The number of carbonyl (C=O) groups is 2. The van der Waals surface area contributed by atoms with Gasteiger partial charge in [0.1, 0.15) is 0 Å². The second-order valence-electron chi connectivity index (χ2n) is 2.60. The van der Waals surface area contributed by atoms with Crippen LogP contribution < -0.4 is 5.43 Å². The van der Waals surface area contributed by atoms with Crippen LogP contribution in [0.5, 0.6) is 0 Å². The summed E-state index contributed by atoms with van der Waals surface area (Å²) in [6, 6.07) is 0. The van der Waals surface area contributed by atoms with Crippen LogP contribution in [0.1, 0.15) is 0 Å². The van der Waals surface area contributed by atoms with E-state index in [1.807, 2.05) is 0 Å². The Kier molecular flexibility index (Phi) is 1.67. The van der Waals surface area contributed by atoms with Crippen LogP contribution in [0.4, 0.5) is 0 Å². The highest BCUT2D eigenvalue weighted by molar-refractivity contribution is 6.12. The van der Waals surface area contributed by atoms with Crippen LogP contribution in [-0.2, 0) is 14.3 Å². The van der Waals surface area contributed by atoms with Gasteiger partial charge < -0.3 is 4.74 Å². The fourth-order valence-corrected chi connectivity index (χ4v) is 0.878. The molecule has 0 aromatic rings. The molecule has 0 spiro atoms. The highest BCUT2D eigenvalue weighted by Crippen LogP contribution is 2.08. The minimum absolute atomic E-state index is 0.103. The monoisotopic (exact) mass is 167 g/mol. The molecule has 1 fully saturated rings. The zero-order chi connectivity index (χ0) is 8.55. The molecule has 0 aromatic heterocycles. The van der Waals surface area contributed by atoms with Crippen LogP contribution in [0, 0.1) is 0 Å². The van der Waals surface area contributed by atoms with E-state index in [4.69, 9.17) is 4.74 Å². The third kappa shape index (κ3) is 1.37. The molecule has 2 rings (SSSR count). The maximum absolute atomic E-state index is 10.9. The smallest absolute Gasteiger partial charge is 0.269 e. The van der Waals surface area contributed by atoms with E-state index in [1.54, 1.807) is 0 Å². The lowest BCUT2D eigenvalue weighted by Crippen LogP contribution is -2.38. The van der Waals surface area contributed by atoms with E-state index in [0.29, 0.717) is 13.2 Å². The van der Waals surface area contributed by atoms with Crippen LogP contribution in [-0.4, -0.2) is 36.1 Å². The van der Waals surface area contributed by atoms with Gasteiger partial charge in [-0.2, -0.15) is 5.01 Å². The quantitative estimate of drug-likeness (QED) is 0.393. The number of epoxide rings is 1. The van der Waals surface area contributed by atoms with Gasteiger partial charge in [-0.05, 0) is 0 Å². The van der Waals surface area contributed by atoms with Crippen molar-refractivity contribution in [2.45, 2.75) is 6.10 Å². The predicted octanol–water partition coefficient (Wildman–Crippen LogP) is -1.17. The van der Waals surface area contributed by atoms with E-state index < -0.39 is 0 Å². The highest BCUT2D eigenvalue weighted by Gasteiger charge is 2.29. The van der Waals surface area contributed by atoms with Crippen molar-refractivity contribution >= 4 is 11.8 Å². The molecule has 2 amide bonds. The van der Waals surface area contributed by atoms with Crippen molar-refractivity contribution in [3.8, 4) is 0 Å². The third-order valence-electron chi connectivity index (χ3n) is 1.62. The van der Waals surface area contributed by atoms with Crippen LogP contribution in [0.2, 0.25) is 0 Å². The van der Waals surface area contributed by atoms with Gasteiger partial charge in [-0.1, -0.05) is 0 Å². The lowest BCUT2D eigenvalue weighted by atomic mass is 10.5. The molecule has 1 unspecified atom stereocenters. The van der Waals surface area contributed by atoms with E-state index in [9.17, 15) is 9.59 Å². The van der Waals surface area contributed by atoms with Crippen LogP contribution in [0.3, 0.4) is 0 Å². The molecule has 0 aromatic carbocycles. The molecule has 5 nitrogen and oxygen atoms in total. The molecule has 2 heterocycles. The van der Waals surface area contributed by atoms with Gasteiger partial charge in [-0.25, -0.2) is 0 Å². The van der Waals surface area contributed by atoms with Crippen LogP contribution in [0.25, 0.3) is 0 Å². The predicted molar refractivity (Wildman–Crippen MR) is 37.7 cm³/mol. The topological polar surface area (TPSA) is 64.0 Å². The normalized spacial score (nSPS) is 27.0. The molecule has 2 aliphatic heterocycles. The highest BCUT2D eigenvalue weighted by atomic mass is 16.6. The number of nitrogens with zero attached hydrogens (tertiary/aromatic N) is 2. The van der Waals surface area contributed by atoms with Gasteiger partial charge in [0, 0.05) is 12.2 Å². The van der Waals surface area contributed by atoms with E-state index in [-0.39, 0.29) is 17.9 Å². The Hall–Kier alpha value is -1.20. The first kappa shape index (κ1) is 7.45. The number of amides is 2. The lowest BCUT2D eigenvalue weighted by molar-refractivity contribution is -0.140. The summed E-state index contributed by atoms with van der Waals surface area (Å²) in [7, 11) is 0. The zero-order valence-corrected chi connectivity index (χ0v) is 6.27. The average molecular weight is 167 g/mol. The SMILES string of the molecule is O=C1C=CC(=O)N1[N]CC1CO1. The number of carbonyl (C=O) groups excluding carboxylic acids is 2. The number of ether oxygens (including phenoxy) is 1. The van der Waals surface area contributed by atoms with E-state index in [1.165, 1.54) is 12.2 Å². The average Bonchev–Trinajstić information content (AvgIpc) is 2.80. The largest absolute Gasteiger partial charge is 0.372 e. The minimum atomic E-state index is -0.374. The minimum Gasteiger partial charge on any atom is -0.372 e. The molecule has 63 valence electrons. The van der Waals surface area contributed by atoms with Crippen molar-refractivity contribution in [3.05, 3.63) is 12.2 Å². The summed E-state index contributed by atoms with van der Waals surface area (Å²) < 4.78 is 4.88. The Balaban J connectivity index is 1.85. The first-order chi connectivity index (χ1) is 5.77. The summed E-state index contributed by atoms with van der Waals surface area (Å²) in [5.74, 6) is -0.749. The third-order valence-corrected chi connectivity index (χ3v) is 1.62. The van der Waals surface area contributed by atoms with Crippen molar-refractivity contribution in [2.24, 2.45) is 0 Å². The van der Waals surface area contributed by atoms with E-state index >= 15 is 0 Å². The van der Waals surface area contributed by atoms with Gasteiger partial charge in [0.2, 0.25) is 0 Å². The number of hydrogen-bond donors (Lipinski definition) is 0. The maximum Gasteiger partial charge on any atom is 0.269 e. The molecule has 1 radical (unpaired) electrons. The van der Waals surface area contributed by atoms with Crippen molar-refractivity contribution in [2.75, 3.05) is 13.2 Å². The van der Waals surface area contributed by atoms with Crippen LogP contribution >= 0.6 is 0 Å². The number of imide groups is 1. The van der Waals surface area contributed by atoms with Gasteiger partial charge >= 0.3 is 0 Å².